The third-order valence-corrected chi connectivity index (χ3v) is 4.38. The van der Waals surface area contributed by atoms with E-state index in [1.807, 2.05) is 19.9 Å². The largest absolute Gasteiger partial charge is 0.323 e. The molecule has 1 N–H and O–H groups in total. The fourth-order valence-corrected chi connectivity index (χ4v) is 3.18. The third kappa shape index (κ3) is 3.94. The Morgan fingerprint density at radius 3 is 2.57 bits per heavy atom. The third-order valence-electron chi connectivity index (χ3n) is 4.38. The van der Waals surface area contributed by atoms with Crippen molar-refractivity contribution in [3.8, 4) is 5.95 Å². The van der Waals surface area contributed by atoms with E-state index in [2.05, 4.69) is 20.4 Å². The molecule has 1 aliphatic rings. The molecule has 6 nitrogen and oxygen atoms in total. The minimum atomic E-state index is 0.0411. The number of rotatable bonds is 5. The van der Waals surface area contributed by atoms with Crippen molar-refractivity contribution in [2.24, 2.45) is 5.92 Å². The topological polar surface area (TPSA) is 72.7 Å². The highest BCUT2D eigenvalue weighted by Crippen LogP contribution is 2.28. The zero-order chi connectivity index (χ0) is 16.2. The monoisotopic (exact) mass is 313 g/mol. The fraction of sp³-hybridized carbons (Fsp3) is 0.529. The number of carbonyl (C=O) groups excluding carboxylic acids is 1. The van der Waals surface area contributed by atoms with Crippen molar-refractivity contribution in [2.45, 2.75) is 52.4 Å². The predicted octanol–water partition coefficient (Wildman–Crippen LogP) is 3.19. The van der Waals surface area contributed by atoms with E-state index in [0.717, 1.165) is 23.7 Å². The number of nitrogens with zero attached hydrogens (tertiary/aromatic N) is 4. The van der Waals surface area contributed by atoms with Gasteiger partial charge in [0.15, 0.2) is 0 Å². The average Bonchev–Trinajstić information content (AvgIpc) is 3.15. The first kappa shape index (κ1) is 15.6. The predicted molar refractivity (Wildman–Crippen MR) is 88.4 cm³/mol. The Balaban J connectivity index is 1.56. The molecule has 0 unspecified atom stereocenters. The first-order valence-electron chi connectivity index (χ1n) is 8.27. The zero-order valence-corrected chi connectivity index (χ0v) is 13.7. The lowest BCUT2D eigenvalue weighted by molar-refractivity contribution is -0.116. The van der Waals surface area contributed by atoms with Crippen LogP contribution in [0.3, 0.4) is 0 Å². The van der Waals surface area contributed by atoms with Crippen LogP contribution in [0.15, 0.2) is 18.5 Å². The normalized spacial score (nSPS) is 15.0. The minimum absolute atomic E-state index is 0.0411. The van der Waals surface area contributed by atoms with Crippen LogP contribution in [0, 0.1) is 19.8 Å². The van der Waals surface area contributed by atoms with Crippen LogP contribution in [0.5, 0.6) is 0 Å². The van der Waals surface area contributed by atoms with Crippen LogP contribution in [0.2, 0.25) is 0 Å². The summed E-state index contributed by atoms with van der Waals surface area (Å²) < 4.78 is 1.70. The molecule has 0 aliphatic heterocycles. The molecule has 0 bridgehead atoms. The Morgan fingerprint density at radius 2 is 1.96 bits per heavy atom. The van der Waals surface area contributed by atoms with Crippen LogP contribution in [-0.2, 0) is 4.79 Å². The van der Waals surface area contributed by atoms with Gasteiger partial charge in [0.25, 0.3) is 5.95 Å². The van der Waals surface area contributed by atoms with Gasteiger partial charge in [0, 0.05) is 12.1 Å². The number of aromatic nitrogens is 4. The molecule has 0 spiro atoms. The van der Waals surface area contributed by atoms with Crippen molar-refractivity contribution < 1.29 is 4.79 Å². The van der Waals surface area contributed by atoms with Crippen molar-refractivity contribution in [3.05, 3.63) is 29.8 Å². The Morgan fingerprint density at radius 1 is 1.26 bits per heavy atom. The molecule has 2 aromatic heterocycles. The molecule has 6 heteroatoms. The fourth-order valence-electron chi connectivity index (χ4n) is 3.18. The number of hydrogen-bond donors (Lipinski definition) is 1. The van der Waals surface area contributed by atoms with Gasteiger partial charge in [-0.2, -0.15) is 5.10 Å². The summed E-state index contributed by atoms with van der Waals surface area (Å²) in [6.07, 6.45) is 9.99. The van der Waals surface area contributed by atoms with Gasteiger partial charge in [0.05, 0.1) is 23.8 Å². The summed E-state index contributed by atoms with van der Waals surface area (Å²) in [6.45, 7) is 3.89. The first-order valence-corrected chi connectivity index (χ1v) is 8.27. The second kappa shape index (κ2) is 6.89. The van der Waals surface area contributed by atoms with Crippen LogP contribution in [0.4, 0.5) is 5.69 Å². The molecule has 0 radical (unpaired) electrons. The number of nitrogens with one attached hydrogen (secondary N) is 1. The number of aryl methyl sites for hydroxylation is 2. The van der Waals surface area contributed by atoms with Crippen LogP contribution >= 0.6 is 0 Å². The van der Waals surface area contributed by atoms with Gasteiger partial charge in [-0.15, -0.1) is 0 Å². The van der Waals surface area contributed by atoms with Crippen LogP contribution < -0.4 is 5.32 Å². The SMILES string of the molecule is Cc1cc(C)n(-c2ncc(NC(=O)CCC3CCCC3)cn2)n1. The van der Waals surface area contributed by atoms with Crippen molar-refractivity contribution in [2.75, 3.05) is 5.32 Å². The molecule has 23 heavy (non-hydrogen) atoms. The lowest BCUT2D eigenvalue weighted by atomic mass is 10.0. The second-order valence-electron chi connectivity index (χ2n) is 6.35. The number of carbonyl (C=O) groups is 1. The summed E-state index contributed by atoms with van der Waals surface area (Å²) in [6, 6.07) is 1.97. The Bertz CT molecular complexity index is 671. The Hall–Kier alpha value is -2.24. The van der Waals surface area contributed by atoms with Crippen molar-refractivity contribution in [1.29, 1.82) is 0 Å². The minimum Gasteiger partial charge on any atom is -0.323 e. The molecule has 1 aliphatic carbocycles. The van der Waals surface area contributed by atoms with Crippen molar-refractivity contribution in [3.63, 3.8) is 0 Å². The zero-order valence-electron chi connectivity index (χ0n) is 13.7. The van der Waals surface area contributed by atoms with Gasteiger partial charge < -0.3 is 5.32 Å². The highest BCUT2D eigenvalue weighted by Gasteiger charge is 2.16. The first-order chi connectivity index (χ1) is 11.1. The van der Waals surface area contributed by atoms with Gasteiger partial charge in [-0.25, -0.2) is 14.6 Å². The van der Waals surface area contributed by atoms with Gasteiger partial charge in [-0.1, -0.05) is 25.7 Å². The van der Waals surface area contributed by atoms with E-state index < -0.39 is 0 Å². The summed E-state index contributed by atoms with van der Waals surface area (Å²) in [4.78, 5) is 20.6. The highest BCUT2D eigenvalue weighted by molar-refractivity contribution is 5.90. The highest BCUT2D eigenvalue weighted by atomic mass is 16.1. The maximum atomic E-state index is 12.0. The van der Waals surface area contributed by atoms with E-state index in [1.54, 1.807) is 17.1 Å². The quantitative estimate of drug-likeness (QED) is 0.920. The van der Waals surface area contributed by atoms with E-state index in [4.69, 9.17) is 0 Å². The van der Waals surface area contributed by atoms with E-state index in [9.17, 15) is 4.79 Å². The maximum Gasteiger partial charge on any atom is 0.250 e. The molecule has 2 aromatic rings. The van der Waals surface area contributed by atoms with Gasteiger partial charge in [0.1, 0.15) is 0 Å². The lowest BCUT2D eigenvalue weighted by Gasteiger charge is -2.09. The molecule has 1 saturated carbocycles. The molecule has 0 saturated heterocycles. The smallest absolute Gasteiger partial charge is 0.250 e. The second-order valence-corrected chi connectivity index (χ2v) is 6.35. The standard InChI is InChI=1S/C17H23N5O/c1-12-9-13(2)22(21-12)17-18-10-15(11-19-17)20-16(23)8-7-14-5-3-4-6-14/h9-11,14H,3-8H2,1-2H3,(H,20,23). The summed E-state index contributed by atoms with van der Waals surface area (Å²) in [5.74, 6) is 1.28. The average molecular weight is 313 g/mol. The summed E-state index contributed by atoms with van der Waals surface area (Å²) in [5.41, 5.74) is 2.54. The van der Waals surface area contributed by atoms with Crippen molar-refractivity contribution in [1.82, 2.24) is 19.7 Å². The molecule has 0 aromatic carbocycles. The van der Waals surface area contributed by atoms with Gasteiger partial charge in [-0.3, -0.25) is 4.79 Å². The maximum absolute atomic E-state index is 12.0. The van der Waals surface area contributed by atoms with E-state index in [-0.39, 0.29) is 5.91 Å². The molecular formula is C17H23N5O. The van der Waals surface area contributed by atoms with Crippen LogP contribution in [-0.4, -0.2) is 25.7 Å². The van der Waals surface area contributed by atoms with E-state index >= 15 is 0 Å². The Kier molecular flexibility index (Phi) is 4.69. The van der Waals surface area contributed by atoms with E-state index in [0.29, 0.717) is 18.1 Å². The molecule has 1 fully saturated rings. The number of anilines is 1. The molecule has 122 valence electrons. The van der Waals surface area contributed by atoms with E-state index in [1.165, 1.54) is 25.7 Å². The number of hydrogen-bond acceptors (Lipinski definition) is 4. The van der Waals surface area contributed by atoms with Gasteiger partial charge >= 0.3 is 0 Å². The van der Waals surface area contributed by atoms with Gasteiger partial charge in [-0.05, 0) is 32.3 Å². The molecule has 3 rings (SSSR count). The summed E-state index contributed by atoms with van der Waals surface area (Å²) >= 11 is 0. The summed E-state index contributed by atoms with van der Waals surface area (Å²) in [5, 5.41) is 7.22. The van der Waals surface area contributed by atoms with Gasteiger partial charge in [0.2, 0.25) is 5.91 Å². The molecule has 0 atom stereocenters. The lowest BCUT2D eigenvalue weighted by Crippen LogP contribution is -2.14. The summed E-state index contributed by atoms with van der Waals surface area (Å²) in [7, 11) is 0. The Labute approximate surface area is 136 Å². The molecular weight excluding hydrogens is 290 g/mol. The number of amides is 1. The van der Waals surface area contributed by atoms with Crippen LogP contribution in [0.25, 0.3) is 5.95 Å². The van der Waals surface area contributed by atoms with Crippen LogP contribution in [0.1, 0.15) is 49.9 Å². The molecule has 1 amide bonds. The van der Waals surface area contributed by atoms with Crippen molar-refractivity contribution >= 4 is 11.6 Å². The molecule has 2 heterocycles.